The number of carbonyl (C=O) groups excluding carboxylic acids is 1. The minimum atomic E-state index is -1.95. The first-order chi connectivity index (χ1) is 16.1. The summed E-state index contributed by atoms with van der Waals surface area (Å²) in [5.41, 5.74) is 4.19. The fourth-order valence-corrected chi connectivity index (χ4v) is 4.78. The van der Waals surface area contributed by atoms with Crippen molar-refractivity contribution in [2.75, 3.05) is 13.2 Å². The zero-order valence-corrected chi connectivity index (χ0v) is 18.2. The molecule has 1 N–H and O–H groups in total. The number of carbonyl (C=O) groups is 1. The second-order valence-electron chi connectivity index (χ2n) is 7.88. The molecule has 0 bridgehead atoms. The smallest absolute Gasteiger partial charge is 0.342 e. The molecule has 33 heavy (non-hydrogen) atoms. The van der Waals surface area contributed by atoms with Crippen molar-refractivity contribution in [1.29, 1.82) is 0 Å². The number of aliphatic hydroxyl groups is 1. The second kappa shape index (κ2) is 7.68. The van der Waals surface area contributed by atoms with Gasteiger partial charge in [0.25, 0.3) is 5.79 Å². The van der Waals surface area contributed by atoms with Gasteiger partial charge in [-0.25, -0.2) is 4.79 Å². The number of hydrogen-bond acceptors (Lipinski definition) is 8. The van der Waals surface area contributed by atoms with Gasteiger partial charge in [0, 0.05) is 17.6 Å². The van der Waals surface area contributed by atoms with Crippen molar-refractivity contribution in [2.45, 2.75) is 12.2 Å². The highest BCUT2D eigenvalue weighted by molar-refractivity contribution is 7.00. The Hall–Kier alpha value is -3.75. The van der Waals surface area contributed by atoms with E-state index in [2.05, 4.69) is 8.75 Å². The van der Waals surface area contributed by atoms with Gasteiger partial charge in [-0.3, -0.25) is 0 Å². The van der Waals surface area contributed by atoms with Gasteiger partial charge in [-0.1, -0.05) is 36.4 Å². The minimum Gasteiger partial charge on any atom is -0.486 e. The van der Waals surface area contributed by atoms with Crippen molar-refractivity contribution in [2.24, 2.45) is 0 Å². The summed E-state index contributed by atoms with van der Waals surface area (Å²) in [7, 11) is 0. The van der Waals surface area contributed by atoms with Gasteiger partial charge in [0.1, 0.15) is 24.2 Å². The fourth-order valence-electron chi connectivity index (χ4n) is 4.26. The summed E-state index contributed by atoms with van der Waals surface area (Å²) in [6.07, 6.45) is 0.320. The summed E-state index contributed by atoms with van der Waals surface area (Å²) >= 11 is 1.11. The summed E-state index contributed by atoms with van der Waals surface area (Å²) in [6.45, 7) is 0.872. The van der Waals surface area contributed by atoms with Crippen molar-refractivity contribution >= 4 is 34.3 Å². The molecule has 1 atom stereocenters. The maximum Gasteiger partial charge on any atom is 0.342 e. The predicted octanol–water partition coefficient (Wildman–Crippen LogP) is 3.86. The van der Waals surface area contributed by atoms with E-state index in [1.807, 2.05) is 36.4 Å². The molecule has 3 aromatic carbocycles. The van der Waals surface area contributed by atoms with Crippen molar-refractivity contribution in [3.05, 3.63) is 89.0 Å². The molecule has 6 rings (SSSR count). The van der Waals surface area contributed by atoms with E-state index in [0.717, 1.165) is 22.8 Å². The first kappa shape index (κ1) is 19.9. The van der Waals surface area contributed by atoms with Crippen molar-refractivity contribution in [3.63, 3.8) is 0 Å². The van der Waals surface area contributed by atoms with Crippen LogP contribution in [0.25, 0.3) is 16.6 Å². The molecular weight excluding hydrogens is 440 g/mol. The van der Waals surface area contributed by atoms with E-state index in [1.165, 1.54) is 0 Å². The molecule has 0 fully saturated rings. The second-order valence-corrected chi connectivity index (χ2v) is 8.40. The van der Waals surface area contributed by atoms with Crippen LogP contribution in [0.4, 0.5) is 0 Å². The molecule has 164 valence electrons. The van der Waals surface area contributed by atoms with E-state index in [4.69, 9.17) is 14.2 Å². The van der Waals surface area contributed by atoms with Crippen LogP contribution >= 0.6 is 11.7 Å². The van der Waals surface area contributed by atoms with Gasteiger partial charge in [0.2, 0.25) is 0 Å². The molecule has 0 aliphatic carbocycles. The lowest BCUT2D eigenvalue weighted by atomic mass is 9.88. The summed E-state index contributed by atoms with van der Waals surface area (Å²) in [5.74, 6) is -1.45. The van der Waals surface area contributed by atoms with Crippen LogP contribution in [0.3, 0.4) is 0 Å². The summed E-state index contributed by atoms with van der Waals surface area (Å²) < 4.78 is 25.5. The Morgan fingerprint density at radius 2 is 1.70 bits per heavy atom. The lowest BCUT2D eigenvalue weighted by molar-refractivity contribution is -0.185. The average Bonchev–Trinajstić information content (AvgIpc) is 3.41. The normalized spacial score (nSPS) is 19.7. The van der Waals surface area contributed by atoms with Gasteiger partial charge < -0.3 is 19.3 Å². The van der Waals surface area contributed by atoms with E-state index >= 15 is 0 Å². The quantitative estimate of drug-likeness (QED) is 0.465. The van der Waals surface area contributed by atoms with Gasteiger partial charge in [0.05, 0.1) is 17.3 Å². The summed E-state index contributed by atoms with van der Waals surface area (Å²) in [4.78, 5) is 13.2. The van der Waals surface area contributed by atoms with Crippen molar-refractivity contribution < 1.29 is 24.1 Å². The maximum atomic E-state index is 13.2. The molecule has 7 nitrogen and oxygen atoms in total. The summed E-state index contributed by atoms with van der Waals surface area (Å²) in [5, 5.41) is 11.8. The number of aromatic nitrogens is 2. The van der Waals surface area contributed by atoms with E-state index in [-0.39, 0.29) is 0 Å². The Bertz CT molecular complexity index is 1410. The molecule has 0 spiro atoms. The molecule has 2 aliphatic heterocycles. The lowest BCUT2D eigenvalue weighted by Crippen LogP contribution is -2.30. The molecule has 0 radical (unpaired) electrons. The first-order valence-electron chi connectivity index (χ1n) is 10.5. The standard InChI is InChI=1S/C25H18N2O5S/c28-24-23(16-6-8-19-20(13-16)27-33-26-19)18(12-15-4-2-1-3-5-15)25(29,32-24)17-7-9-21-22(14-17)31-11-10-30-21/h1-9,13-14,29H,10-12H2. The Morgan fingerprint density at radius 1 is 0.909 bits per heavy atom. The predicted molar refractivity (Wildman–Crippen MR) is 122 cm³/mol. The van der Waals surface area contributed by atoms with Gasteiger partial charge >= 0.3 is 5.97 Å². The molecule has 1 aromatic heterocycles. The van der Waals surface area contributed by atoms with Gasteiger partial charge in [0.15, 0.2) is 11.5 Å². The lowest BCUT2D eigenvalue weighted by Gasteiger charge is -2.27. The van der Waals surface area contributed by atoms with E-state index < -0.39 is 11.8 Å². The van der Waals surface area contributed by atoms with E-state index in [0.29, 0.717) is 58.9 Å². The Balaban J connectivity index is 1.53. The number of esters is 1. The molecule has 0 saturated heterocycles. The van der Waals surface area contributed by atoms with Gasteiger partial charge in [-0.15, -0.1) is 0 Å². The Morgan fingerprint density at radius 3 is 2.55 bits per heavy atom. The number of benzene rings is 3. The topological polar surface area (TPSA) is 90.8 Å². The van der Waals surface area contributed by atoms with Crippen LogP contribution in [0.1, 0.15) is 16.7 Å². The highest BCUT2D eigenvalue weighted by Crippen LogP contribution is 2.46. The third-order valence-electron chi connectivity index (χ3n) is 5.85. The Labute approximate surface area is 193 Å². The van der Waals surface area contributed by atoms with Crippen LogP contribution in [0, 0.1) is 0 Å². The van der Waals surface area contributed by atoms with Gasteiger partial charge in [-0.2, -0.15) is 8.75 Å². The zero-order valence-electron chi connectivity index (χ0n) is 17.4. The zero-order chi connectivity index (χ0) is 22.4. The number of rotatable bonds is 4. The highest BCUT2D eigenvalue weighted by atomic mass is 32.1. The third kappa shape index (κ3) is 3.35. The van der Waals surface area contributed by atoms with Crippen LogP contribution in [0.15, 0.2) is 72.3 Å². The van der Waals surface area contributed by atoms with Crippen LogP contribution in [-0.4, -0.2) is 33.0 Å². The van der Waals surface area contributed by atoms with Crippen LogP contribution in [0.5, 0.6) is 11.5 Å². The molecule has 1 unspecified atom stereocenters. The number of hydrogen-bond donors (Lipinski definition) is 1. The SMILES string of the molecule is O=C1OC(O)(c2ccc3c(c2)OCCO3)C(Cc2ccccc2)=C1c1ccc2nsnc2c1. The third-order valence-corrected chi connectivity index (χ3v) is 6.41. The highest BCUT2D eigenvalue weighted by Gasteiger charge is 2.48. The number of cyclic esters (lactones) is 1. The fraction of sp³-hybridized carbons (Fsp3) is 0.160. The molecular formula is C25H18N2O5S. The number of nitrogens with zero attached hydrogens (tertiary/aromatic N) is 2. The number of fused-ring (bicyclic) bond motifs is 2. The van der Waals surface area contributed by atoms with E-state index in [1.54, 1.807) is 30.3 Å². The van der Waals surface area contributed by atoms with Gasteiger partial charge in [-0.05, 0) is 41.5 Å². The summed E-state index contributed by atoms with van der Waals surface area (Å²) in [6, 6.07) is 20.2. The molecule has 4 aromatic rings. The Kier molecular flexibility index (Phi) is 4.63. The monoisotopic (exact) mass is 458 g/mol. The molecule has 8 heteroatoms. The van der Waals surface area contributed by atoms with Crippen LogP contribution in [0.2, 0.25) is 0 Å². The average molecular weight is 458 g/mol. The first-order valence-corrected chi connectivity index (χ1v) is 11.2. The van der Waals surface area contributed by atoms with Crippen LogP contribution < -0.4 is 9.47 Å². The minimum absolute atomic E-state index is 0.320. The van der Waals surface area contributed by atoms with Crippen LogP contribution in [-0.2, 0) is 21.7 Å². The molecule has 3 heterocycles. The number of ether oxygens (including phenoxy) is 3. The maximum absolute atomic E-state index is 13.2. The van der Waals surface area contributed by atoms with E-state index in [9.17, 15) is 9.90 Å². The van der Waals surface area contributed by atoms with Crippen molar-refractivity contribution in [3.8, 4) is 11.5 Å². The van der Waals surface area contributed by atoms with Crippen molar-refractivity contribution in [1.82, 2.24) is 8.75 Å². The largest absolute Gasteiger partial charge is 0.486 e. The molecule has 0 saturated carbocycles. The molecule has 0 amide bonds. The molecule has 2 aliphatic rings.